The molecule has 7 heteroatoms. The van der Waals surface area contributed by atoms with Crippen molar-refractivity contribution in [2.75, 3.05) is 10.6 Å². The second-order valence-corrected chi connectivity index (χ2v) is 6.24. The van der Waals surface area contributed by atoms with Gasteiger partial charge in [0.2, 0.25) is 0 Å². The summed E-state index contributed by atoms with van der Waals surface area (Å²) in [4.78, 5) is 28.8. The number of carbonyl (C=O) groups is 2. The number of nitrogens with zero attached hydrogens (tertiary/aromatic N) is 1. The van der Waals surface area contributed by atoms with Gasteiger partial charge in [-0.15, -0.1) is 0 Å². The lowest BCUT2D eigenvalue weighted by molar-refractivity contribution is 0.102. The van der Waals surface area contributed by atoms with Crippen LogP contribution in [0, 0.1) is 12.7 Å². The Labute approximate surface area is 160 Å². The normalized spacial score (nSPS) is 10.3. The van der Waals surface area contributed by atoms with Gasteiger partial charge in [-0.2, -0.15) is 0 Å². The number of carbonyl (C=O) groups excluding carboxylic acids is 2. The number of rotatable bonds is 4. The third kappa shape index (κ3) is 4.68. The average molecular weight is 384 g/mol. The molecule has 0 unspecified atom stereocenters. The molecule has 1 aromatic heterocycles. The van der Waals surface area contributed by atoms with Crippen molar-refractivity contribution in [3.05, 3.63) is 88.5 Å². The Kier molecular flexibility index (Phi) is 5.47. The Hall–Kier alpha value is -3.25. The molecule has 0 aliphatic rings. The minimum absolute atomic E-state index is 0.0965. The quantitative estimate of drug-likeness (QED) is 0.686. The van der Waals surface area contributed by atoms with Crippen molar-refractivity contribution in [2.45, 2.75) is 6.92 Å². The maximum Gasteiger partial charge on any atom is 0.274 e. The molecule has 5 nitrogen and oxygen atoms in total. The lowest BCUT2D eigenvalue weighted by Crippen LogP contribution is -2.17. The smallest absolute Gasteiger partial charge is 0.274 e. The van der Waals surface area contributed by atoms with Gasteiger partial charge >= 0.3 is 0 Å². The zero-order valence-electron chi connectivity index (χ0n) is 14.3. The molecule has 2 N–H and O–H groups in total. The van der Waals surface area contributed by atoms with E-state index in [1.165, 1.54) is 30.5 Å². The Balaban J connectivity index is 1.75. The molecule has 2 aromatic carbocycles. The van der Waals surface area contributed by atoms with E-state index in [1.807, 2.05) is 25.1 Å². The van der Waals surface area contributed by atoms with Crippen molar-refractivity contribution in [2.24, 2.45) is 0 Å². The number of hydrogen-bond acceptors (Lipinski definition) is 3. The van der Waals surface area contributed by atoms with Crippen LogP contribution in [0.5, 0.6) is 0 Å². The topological polar surface area (TPSA) is 71.1 Å². The maximum absolute atomic E-state index is 13.2. The monoisotopic (exact) mass is 383 g/mol. The number of aryl methyl sites for hydroxylation is 1. The number of anilines is 2. The van der Waals surface area contributed by atoms with Crippen molar-refractivity contribution in [1.82, 2.24) is 4.98 Å². The SMILES string of the molecule is Cc1cccc(NC(=O)c2cc(C(=O)Nc3ccc(F)c(Cl)c3)ccn2)c1. The van der Waals surface area contributed by atoms with Crippen molar-refractivity contribution in [3.63, 3.8) is 0 Å². The van der Waals surface area contributed by atoms with Crippen LogP contribution in [-0.2, 0) is 0 Å². The predicted molar refractivity (Wildman–Crippen MR) is 103 cm³/mol. The highest BCUT2D eigenvalue weighted by Crippen LogP contribution is 2.20. The summed E-state index contributed by atoms with van der Waals surface area (Å²) in [6.45, 7) is 1.92. The first-order valence-corrected chi connectivity index (χ1v) is 8.40. The van der Waals surface area contributed by atoms with Gasteiger partial charge in [-0.3, -0.25) is 14.6 Å². The molecule has 3 aromatic rings. The summed E-state index contributed by atoms with van der Waals surface area (Å²) in [6.07, 6.45) is 1.37. The molecule has 0 spiro atoms. The van der Waals surface area contributed by atoms with Crippen LogP contribution in [0.15, 0.2) is 60.8 Å². The molecule has 0 radical (unpaired) electrons. The minimum atomic E-state index is -0.575. The van der Waals surface area contributed by atoms with Crippen LogP contribution < -0.4 is 10.6 Å². The van der Waals surface area contributed by atoms with Gasteiger partial charge in [0.25, 0.3) is 11.8 Å². The zero-order valence-corrected chi connectivity index (χ0v) is 15.0. The van der Waals surface area contributed by atoms with Crippen LogP contribution >= 0.6 is 11.6 Å². The molecule has 1 heterocycles. The fourth-order valence-electron chi connectivity index (χ4n) is 2.39. The van der Waals surface area contributed by atoms with Gasteiger partial charge < -0.3 is 10.6 Å². The summed E-state index contributed by atoms with van der Waals surface area (Å²) in [5.74, 6) is -1.47. The molecule has 3 rings (SSSR count). The molecule has 2 amide bonds. The average Bonchev–Trinajstić information content (AvgIpc) is 2.65. The van der Waals surface area contributed by atoms with Gasteiger partial charge in [-0.1, -0.05) is 23.7 Å². The lowest BCUT2D eigenvalue weighted by atomic mass is 10.2. The van der Waals surface area contributed by atoms with Crippen molar-refractivity contribution in [3.8, 4) is 0 Å². The van der Waals surface area contributed by atoms with Gasteiger partial charge in [0.1, 0.15) is 11.5 Å². The Morgan fingerprint density at radius 1 is 0.963 bits per heavy atom. The Morgan fingerprint density at radius 3 is 2.44 bits per heavy atom. The van der Waals surface area contributed by atoms with Crippen LogP contribution in [0.2, 0.25) is 5.02 Å². The van der Waals surface area contributed by atoms with E-state index in [2.05, 4.69) is 15.6 Å². The fraction of sp³-hybridized carbons (Fsp3) is 0.0500. The van der Waals surface area contributed by atoms with Crippen molar-refractivity contribution >= 4 is 34.8 Å². The van der Waals surface area contributed by atoms with E-state index in [-0.39, 0.29) is 16.3 Å². The number of nitrogens with one attached hydrogen (secondary N) is 2. The summed E-state index contributed by atoms with van der Waals surface area (Å²) in [5, 5.41) is 5.24. The van der Waals surface area contributed by atoms with E-state index in [4.69, 9.17) is 11.6 Å². The standard InChI is InChI=1S/C20H15ClFN3O2/c1-12-3-2-4-14(9-12)25-20(27)18-10-13(7-8-23-18)19(26)24-15-5-6-17(22)16(21)11-15/h2-11H,1H3,(H,24,26)(H,25,27). The second-order valence-electron chi connectivity index (χ2n) is 5.84. The van der Waals surface area contributed by atoms with E-state index in [9.17, 15) is 14.0 Å². The number of pyridine rings is 1. The van der Waals surface area contributed by atoms with Gasteiger partial charge in [-0.05, 0) is 55.0 Å². The van der Waals surface area contributed by atoms with Gasteiger partial charge in [0.05, 0.1) is 5.02 Å². The highest BCUT2D eigenvalue weighted by atomic mass is 35.5. The van der Waals surface area contributed by atoms with E-state index in [0.29, 0.717) is 11.4 Å². The summed E-state index contributed by atoms with van der Waals surface area (Å²) in [7, 11) is 0. The summed E-state index contributed by atoms with van der Waals surface area (Å²) in [5.41, 5.74) is 2.32. The van der Waals surface area contributed by atoms with Crippen LogP contribution in [0.3, 0.4) is 0 Å². The van der Waals surface area contributed by atoms with Crippen molar-refractivity contribution in [1.29, 1.82) is 0 Å². The fourth-order valence-corrected chi connectivity index (χ4v) is 2.57. The minimum Gasteiger partial charge on any atom is -0.322 e. The first-order valence-electron chi connectivity index (χ1n) is 8.03. The molecule has 0 atom stereocenters. The molecule has 0 aliphatic carbocycles. The maximum atomic E-state index is 13.2. The number of benzene rings is 2. The molecule has 136 valence electrons. The number of hydrogen-bond donors (Lipinski definition) is 2. The van der Waals surface area contributed by atoms with Crippen LogP contribution in [0.1, 0.15) is 26.4 Å². The predicted octanol–water partition coefficient (Wildman–Crippen LogP) is 4.69. The molecule has 0 aliphatic heterocycles. The number of aromatic nitrogens is 1. The van der Waals surface area contributed by atoms with E-state index in [1.54, 1.807) is 6.07 Å². The highest BCUT2D eigenvalue weighted by molar-refractivity contribution is 6.31. The van der Waals surface area contributed by atoms with Crippen LogP contribution in [0.4, 0.5) is 15.8 Å². The molecular weight excluding hydrogens is 369 g/mol. The van der Waals surface area contributed by atoms with Gasteiger partial charge in [0.15, 0.2) is 0 Å². The van der Waals surface area contributed by atoms with Crippen LogP contribution in [0.25, 0.3) is 0 Å². The first kappa shape index (κ1) is 18.5. The molecule has 0 saturated heterocycles. The largest absolute Gasteiger partial charge is 0.322 e. The second kappa shape index (κ2) is 7.97. The summed E-state index contributed by atoms with van der Waals surface area (Å²) in [6, 6.07) is 14.1. The summed E-state index contributed by atoms with van der Waals surface area (Å²) >= 11 is 5.71. The molecule has 0 saturated carbocycles. The van der Waals surface area contributed by atoms with Gasteiger partial charge in [-0.25, -0.2) is 4.39 Å². The first-order chi connectivity index (χ1) is 12.9. The van der Waals surface area contributed by atoms with E-state index < -0.39 is 17.6 Å². The van der Waals surface area contributed by atoms with Gasteiger partial charge in [0, 0.05) is 23.1 Å². The highest BCUT2D eigenvalue weighted by Gasteiger charge is 2.13. The molecular formula is C20H15ClFN3O2. The summed E-state index contributed by atoms with van der Waals surface area (Å²) < 4.78 is 13.2. The zero-order chi connectivity index (χ0) is 19.4. The van der Waals surface area contributed by atoms with Crippen LogP contribution in [-0.4, -0.2) is 16.8 Å². The Bertz CT molecular complexity index is 1020. The third-order valence-corrected chi connectivity index (χ3v) is 4.00. The number of halogens is 2. The number of amides is 2. The molecule has 0 bridgehead atoms. The Morgan fingerprint density at radius 2 is 1.70 bits per heavy atom. The van der Waals surface area contributed by atoms with Crippen molar-refractivity contribution < 1.29 is 14.0 Å². The molecule has 0 fully saturated rings. The molecule has 27 heavy (non-hydrogen) atoms. The van der Waals surface area contributed by atoms with E-state index in [0.717, 1.165) is 11.6 Å². The third-order valence-electron chi connectivity index (χ3n) is 3.71. The van der Waals surface area contributed by atoms with E-state index >= 15 is 0 Å². The lowest BCUT2D eigenvalue weighted by Gasteiger charge is -2.08.